The van der Waals surface area contributed by atoms with Gasteiger partial charge in [0.2, 0.25) is 0 Å². The van der Waals surface area contributed by atoms with Crippen LogP contribution in [0.5, 0.6) is 0 Å². The molecule has 2 nitrogen and oxygen atoms in total. The molecule has 1 aliphatic rings. The largest absolute Gasteiger partial charge is 0.287 e. The molecule has 0 N–H and O–H groups in total. The average Bonchev–Trinajstić information content (AvgIpc) is 2.67. The highest BCUT2D eigenvalue weighted by Crippen LogP contribution is 2.31. The second-order valence-electron chi connectivity index (χ2n) is 3.38. The summed E-state index contributed by atoms with van der Waals surface area (Å²) in [7, 11) is 0. The topological polar surface area (TPSA) is 16.1 Å². The van der Waals surface area contributed by atoms with Crippen molar-refractivity contribution < 1.29 is 0 Å². The summed E-state index contributed by atoms with van der Waals surface area (Å²) in [4.78, 5) is 6.68. The second-order valence-corrected chi connectivity index (χ2v) is 4.06. The van der Waals surface area contributed by atoms with Crippen molar-refractivity contribution in [1.82, 2.24) is 9.88 Å². The number of pyridine rings is 1. The highest BCUT2D eigenvalue weighted by atomic mass is 127. The highest BCUT2D eigenvalue weighted by Gasteiger charge is 2.24. The molecule has 0 amide bonds. The Morgan fingerprint density at radius 1 is 1.62 bits per heavy atom. The first-order valence-corrected chi connectivity index (χ1v) is 6.14. The maximum atomic E-state index is 4.17. The van der Waals surface area contributed by atoms with Gasteiger partial charge in [-0.25, -0.2) is 0 Å². The Balaban J connectivity index is 2.16. The third-order valence-electron chi connectivity index (χ3n) is 2.59. The number of halogens is 1. The molecule has 1 fully saturated rings. The zero-order chi connectivity index (χ0) is 9.10. The van der Waals surface area contributed by atoms with Gasteiger partial charge in [-0.3, -0.25) is 9.88 Å². The Hall–Kier alpha value is -0.160. The predicted octanol–water partition coefficient (Wildman–Crippen LogP) is 2.61. The molecule has 1 atom stereocenters. The molecule has 0 bridgehead atoms. The molecule has 1 aromatic heterocycles. The first kappa shape index (κ1) is 9.40. The standard InChI is InChI=1S/C10H13IN2/c11-8-13-6-2-4-10(13)9-3-1-5-12-7-9/h1,3,5,7,10H,2,4,6,8H2. The minimum atomic E-state index is 0.616. The fraction of sp³-hybridized carbons (Fsp3) is 0.500. The molecular formula is C10H13IN2. The first-order valence-electron chi connectivity index (χ1n) is 4.62. The number of alkyl halides is 1. The maximum Gasteiger partial charge on any atom is 0.0511 e. The van der Waals surface area contributed by atoms with Gasteiger partial charge in [-0.1, -0.05) is 28.7 Å². The third-order valence-corrected chi connectivity index (χ3v) is 3.46. The molecule has 1 aromatic rings. The second kappa shape index (κ2) is 4.37. The zero-order valence-corrected chi connectivity index (χ0v) is 9.65. The molecule has 0 spiro atoms. The van der Waals surface area contributed by atoms with Gasteiger partial charge in [-0.15, -0.1) is 0 Å². The normalized spacial score (nSPS) is 23.6. The van der Waals surface area contributed by atoms with E-state index < -0.39 is 0 Å². The van der Waals surface area contributed by atoms with Gasteiger partial charge in [0.15, 0.2) is 0 Å². The Kier molecular flexibility index (Phi) is 3.16. The quantitative estimate of drug-likeness (QED) is 0.472. The van der Waals surface area contributed by atoms with Gasteiger partial charge in [-0.05, 0) is 31.0 Å². The van der Waals surface area contributed by atoms with Gasteiger partial charge < -0.3 is 0 Å². The molecule has 1 unspecified atom stereocenters. The van der Waals surface area contributed by atoms with Gasteiger partial charge in [-0.2, -0.15) is 0 Å². The van der Waals surface area contributed by atoms with Crippen LogP contribution in [0.4, 0.5) is 0 Å². The smallest absolute Gasteiger partial charge is 0.0511 e. The molecule has 0 aliphatic carbocycles. The first-order chi connectivity index (χ1) is 6.42. The van der Waals surface area contributed by atoms with E-state index >= 15 is 0 Å². The van der Waals surface area contributed by atoms with Crippen LogP contribution in [0, 0.1) is 0 Å². The number of rotatable bonds is 2. The maximum absolute atomic E-state index is 4.17. The third kappa shape index (κ3) is 2.02. The van der Waals surface area contributed by atoms with Crippen LogP contribution in [0.3, 0.4) is 0 Å². The molecule has 13 heavy (non-hydrogen) atoms. The Morgan fingerprint density at radius 3 is 3.23 bits per heavy atom. The van der Waals surface area contributed by atoms with Crippen LogP contribution in [0.25, 0.3) is 0 Å². The van der Waals surface area contributed by atoms with Crippen molar-refractivity contribution in [1.29, 1.82) is 0 Å². The predicted molar refractivity (Wildman–Crippen MR) is 61.8 cm³/mol. The van der Waals surface area contributed by atoms with Gasteiger partial charge in [0.25, 0.3) is 0 Å². The molecule has 2 heterocycles. The van der Waals surface area contributed by atoms with Crippen molar-refractivity contribution in [3.63, 3.8) is 0 Å². The van der Waals surface area contributed by atoms with E-state index in [1.54, 1.807) is 0 Å². The van der Waals surface area contributed by atoms with E-state index in [0.29, 0.717) is 6.04 Å². The summed E-state index contributed by atoms with van der Waals surface area (Å²) in [5.41, 5.74) is 1.37. The Labute approximate surface area is 92.5 Å². The zero-order valence-electron chi connectivity index (χ0n) is 7.49. The average molecular weight is 288 g/mol. The summed E-state index contributed by atoms with van der Waals surface area (Å²) in [6.45, 7) is 1.24. The van der Waals surface area contributed by atoms with E-state index in [1.807, 2.05) is 18.5 Å². The molecule has 1 saturated heterocycles. The summed E-state index contributed by atoms with van der Waals surface area (Å²) in [6, 6.07) is 4.83. The number of hydrogen-bond donors (Lipinski definition) is 0. The molecule has 0 radical (unpaired) electrons. The van der Waals surface area contributed by atoms with Crippen LogP contribution < -0.4 is 0 Å². The highest BCUT2D eigenvalue weighted by molar-refractivity contribution is 14.1. The summed E-state index contributed by atoms with van der Waals surface area (Å²) < 4.78 is 1.12. The summed E-state index contributed by atoms with van der Waals surface area (Å²) in [5.74, 6) is 0. The molecule has 2 rings (SSSR count). The summed E-state index contributed by atoms with van der Waals surface area (Å²) in [5, 5.41) is 0. The summed E-state index contributed by atoms with van der Waals surface area (Å²) in [6.07, 6.45) is 6.44. The lowest BCUT2D eigenvalue weighted by Crippen LogP contribution is -2.21. The minimum absolute atomic E-state index is 0.616. The number of aromatic nitrogens is 1. The number of nitrogens with zero attached hydrogens (tertiary/aromatic N) is 2. The monoisotopic (exact) mass is 288 g/mol. The van der Waals surface area contributed by atoms with E-state index in [4.69, 9.17) is 0 Å². The SMILES string of the molecule is ICN1CCCC1c1cccnc1. The van der Waals surface area contributed by atoms with Crippen molar-refractivity contribution in [2.24, 2.45) is 0 Å². The molecule has 3 heteroatoms. The van der Waals surface area contributed by atoms with Crippen molar-refractivity contribution in [3.05, 3.63) is 30.1 Å². The van der Waals surface area contributed by atoms with Gasteiger partial charge in [0.05, 0.1) is 4.55 Å². The molecule has 1 aliphatic heterocycles. The lowest BCUT2D eigenvalue weighted by molar-refractivity contribution is 0.310. The van der Waals surface area contributed by atoms with E-state index in [9.17, 15) is 0 Å². The van der Waals surface area contributed by atoms with Crippen molar-refractivity contribution >= 4 is 22.6 Å². The minimum Gasteiger partial charge on any atom is -0.287 e. The van der Waals surface area contributed by atoms with E-state index in [2.05, 4.69) is 38.5 Å². The molecular weight excluding hydrogens is 275 g/mol. The lowest BCUT2D eigenvalue weighted by atomic mass is 10.1. The van der Waals surface area contributed by atoms with Gasteiger partial charge in [0, 0.05) is 18.4 Å². The number of hydrogen-bond acceptors (Lipinski definition) is 2. The fourth-order valence-electron chi connectivity index (χ4n) is 1.92. The van der Waals surface area contributed by atoms with Crippen molar-refractivity contribution in [2.75, 3.05) is 11.1 Å². The summed E-state index contributed by atoms with van der Waals surface area (Å²) >= 11 is 2.44. The van der Waals surface area contributed by atoms with Crippen LogP contribution >= 0.6 is 22.6 Å². The van der Waals surface area contributed by atoms with Crippen molar-refractivity contribution in [3.8, 4) is 0 Å². The molecule has 70 valence electrons. The van der Waals surface area contributed by atoms with Crippen LogP contribution in [0.1, 0.15) is 24.4 Å². The number of likely N-dealkylation sites (tertiary alicyclic amines) is 1. The van der Waals surface area contributed by atoms with Crippen LogP contribution in [0.15, 0.2) is 24.5 Å². The fourth-order valence-corrected chi connectivity index (χ4v) is 2.74. The van der Waals surface area contributed by atoms with Gasteiger partial charge >= 0.3 is 0 Å². The Bertz CT molecular complexity index is 263. The van der Waals surface area contributed by atoms with Crippen molar-refractivity contribution in [2.45, 2.75) is 18.9 Å². The van der Waals surface area contributed by atoms with E-state index in [0.717, 1.165) is 4.55 Å². The van der Waals surface area contributed by atoms with E-state index in [-0.39, 0.29) is 0 Å². The van der Waals surface area contributed by atoms with Crippen LogP contribution in [-0.4, -0.2) is 21.0 Å². The van der Waals surface area contributed by atoms with E-state index in [1.165, 1.54) is 24.9 Å². The van der Waals surface area contributed by atoms with Crippen LogP contribution in [-0.2, 0) is 0 Å². The lowest BCUT2D eigenvalue weighted by Gasteiger charge is -2.21. The molecule has 0 aromatic carbocycles. The van der Waals surface area contributed by atoms with Crippen LogP contribution in [0.2, 0.25) is 0 Å². The Morgan fingerprint density at radius 2 is 2.54 bits per heavy atom. The van der Waals surface area contributed by atoms with Gasteiger partial charge in [0.1, 0.15) is 0 Å². The molecule has 0 saturated carbocycles.